The molecule has 0 aliphatic heterocycles. The Labute approximate surface area is 140 Å². The van der Waals surface area contributed by atoms with Crippen molar-refractivity contribution in [3.63, 3.8) is 0 Å². The van der Waals surface area contributed by atoms with Crippen LogP contribution in [0.3, 0.4) is 0 Å². The summed E-state index contributed by atoms with van der Waals surface area (Å²) in [6.07, 6.45) is 1.42. The van der Waals surface area contributed by atoms with E-state index in [9.17, 15) is 9.59 Å². The van der Waals surface area contributed by atoms with E-state index in [1.54, 1.807) is 11.3 Å². The Bertz CT molecular complexity index is 743. The fraction of sp³-hybridized carbons (Fsp3) is 0.471. The fourth-order valence-electron chi connectivity index (χ4n) is 2.88. The highest BCUT2D eigenvalue weighted by molar-refractivity contribution is 7.11. The minimum atomic E-state index is -0.156. The van der Waals surface area contributed by atoms with Crippen molar-refractivity contribution in [3.8, 4) is 0 Å². The van der Waals surface area contributed by atoms with Crippen LogP contribution in [0.25, 0.3) is 0 Å². The molecule has 2 aromatic heterocycles. The van der Waals surface area contributed by atoms with Crippen molar-refractivity contribution in [3.05, 3.63) is 38.1 Å². The third-order valence-electron chi connectivity index (χ3n) is 3.86. The van der Waals surface area contributed by atoms with E-state index in [1.807, 2.05) is 27.7 Å². The Hall–Kier alpha value is -1.95. The molecule has 1 amide bonds. The van der Waals surface area contributed by atoms with E-state index in [1.165, 1.54) is 11.8 Å². The van der Waals surface area contributed by atoms with Gasteiger partial charge in [-0.25, -0.2) is 4.98 Å². The summed E-state index contributed by atoms with van der Waals surface area (Å²) in [6, 6.07) is 0. The second-order valence-corrected chi connectivity index (χ2v) is 6.92. The number of Topliss-reactive ketones (excluding diaryl/α,β-unsaturated/α-hetero) is 1. The van der Waals surface area contributed by atoms with Crippen molar-refractivity contribution in [2.75, 3.05) is 6.54 Å². The fourth-order valence-corrected chi connectivity index (χ4v) is 3.82. The first-order chi connectivity index (χ1) is 10.8. The number of amides is 1. The molecule has 0 aliphatic rings. The number of hydrogen-bond donors (Lipinski definition) is 2. The Morgan fingerprint density at radius 3 is 2.48 bits per heavy atom. The van der Waals surface area contributed by atoms with Gasteiger partial charge in [0, 0.05) is 29.1 Å². The zero-order valence-corrected chi connectivity index (χ0v) is 15.1. The number of rotatable bonds is 6. The normalized spacial score (nSPS) is 10.8. The molecule has 2 rings (SSSR count). The van der Waals surface area contributed by atoms with Crippen LogP contribution in [0.5, 0.6) is 0 Å². The average molecular weight is 333 g/mol. The largest absolute Gasteiger partial charge is 0.354 e. The van der Waals surface area contributed by atoms with E-state index in [4.69, 9.17) is 0 Å². The standard InChI is InChI=1S/C17H23N3O2S/c1-6-13-15(11(4)21)10(3)20-16(13)17(22)18-8-7-14-9(2)19-12(5)23-14/h20H,6-8H2,1-5H3,(H,18,22). The van der Waals surface area contributed by atoms with Gasteiger partial charge in [-0.3, -0.25) is 9.59 Å². The molecule has 2 N–H and O–H groups in total. The zero-order valence-electron chi connectivity index (χ0n) is 14.3. The molecule has 124 valence electrons. The van der Waals surface area contributed by atoms with Gasteiger partial charge >= 0.3 is 0 Å². The lowest BCUT2D eigenvalue weighted by Crippen LogP contribution is -2.27. The van der Waals surface area contributed by atoms with Crippen molar-refractivity contribution >= 4 is 23.0 Å². The summed E-state index contributed by atoms with van der Waals surface area (Å²) >= 11 is 1.67. The van der Waals surface area contributed by atoms with E-state index in [-0.39, 0.29) is 11.7 Å². The Balaban J connectivity index is 2.08. The quantitative estimate of drug-likeness (QED) is 0.798. The summed E-state index contributed by atoms with van der Waals surface area (Å²) in [5, 5.41) is 3.98. The maximum atomic E-state index is 12.4. The summed E-state index contributed by atoms with van der Waals surface area (Å²) in [7, 11) is 0. The minimum Gasteiger partial charge on any atom is -0.354 e. The molecule has 6 heteroatoms. The van der Waals surface area contributed by atoms with Crippen molar-refractivity contribution in [1.82, 2.24) is 15.3 Å². The molecule has 2 aromatic rings. The van der Waals surface area contributed by atoms with Crippen molar-refractivity contribution < 1.29 is 9.59 Å². The molecule has 0 unspecified atom stereocenters. The van der Waals surface area contributed by atoms with Crippen LogP contribution in [0, 0.1) is 20.8 Å². The first-order valence-electron chi connectivity index (χ1n) is 7.78. The van der Waals surface area contributed by atoms with Gasteiger partial charge in [0.05, 0.1) is 10.7 Å². The number of aromatic amines is 1. The van der Waals surface area contributed by atoms with Crippen molar-refractivity contribution in [1.29, 1.82) is 0 Å². The SMILES string of the molecule is CCc1c(C(=O)NCCc2sc(C)nc2C)[nH]c(C)c1C(C)=O. The molecule has 0 aromatic carbocycles. The van der Waals surface area contributed by atoms with E-state index in [2.05, 4.69) is 15.3 Å². The molecule has 5 nitrogen and oxygen atoms in total. The summed E-state index contributed by atoms with van der Waals surface area (Å²) in [4.78, 5) is 32.8. The second kappa shape index (κ2) is 7.08. The first kappa shape index (κ1) is 17.4. The first-order valence-corrected chi connectivity index (χ1v) is 8.60. The lowest BCUT2D eigenvalue weighted by molar-refractivity contribution is 0.0948. The number of aryl methyl sites for hydroxylation is 3. The van der Waals surface area contributed by atoms with Crippen LogP contribution in [0.15, 0.2) is 0 Å². The molecule has 23 heavy (non-hydrogen) atoms. The summed E-state index contributed by atoms with van der Waals surface area (Å²) in [6.45, 7) is 9.84. The average Bonchev–Trinajstić information content (AvgIpc) is 2.98. The molecule has 0 fully saturated rings. The van der Waals surface area contributed by atoms with Crippen LogP contribution in [-0.4, -0.2) is 28.2 Å². The van der Waals surface area contributed by atoms with Crippen molar-refractivity contribution in [2.24, 2.45) is 0 Å². The van der Waals surface area contributed by atoms with Crippen LogP contribution < -0.4 is 5.32 Å². The van der Waals surface area contributed by atoms with Gasteiger partial charge in [-0.05, 0) is 39.7 Å². The molecular formula is C17H23N3O2S. The third-order valence-corrected chi connectivity index (χ3v) is 4.99. The van der Waals surface area contributed by atoms with E-state index in [0.717, 1.165) is 28.4 Å². The highest BCUT2D eigenvalue weighted by atomic mass is 32.1. The Kier molecular flexibility index (Phi) is 5.36. The van der Waals surface area contributed by atoms with Crippen LogP contribution in [-0.2, 0) is 12.8 Å². The predicted molar refractivity (Wildman–Crippen MR) is 92.5 cm³/mol. The number of H-pyrrole nitrogens is 1. The van der Waals surface area contributed by atoms with Gasteiger partial charge in [0.1, 0.15) is 5.69 Å². The van der Waals surface area contributed by atoms with Gasteiger partial charge in [0.25, 0.3) is 5.91 Å². The number of nitrogens with one attached hydrogen (secondary N) is 2. The number of hydrogen-bond acceptors (Lipinski definition) is 4. The maximum absolute atomic E-state index is 12.4. The molecule has 0 saturated heterocycles. The summed E-state index contributed by atoms with van der Waals surface area (Å²) in [5.74, 6) is -0.165. The summed E-state index contributed by atoms with van der Waals surface area (Å²) in [5.41, 5.74) is 3.75. The van der Waals surface area contributed by atoms with Gasteiger partial charge < -0.3 is 10.3 Å². The van der Waals surface area contributed by atoms with Gasteiger partial charge in [0.2, 0.25) is 0 Å². The van der Waals surface area contributed by atoms with Gasteiger partial charge in [-0.15, -0.1) is 11.3 Å². The highest BCUT2D eigenvalue weighted by Crippen LogP contribution is 2.21. The highest BCUT2D eigenvalue weighted by Gasteiger charge is 2.21. The molecule has 0 spiro atoms. The lowest BCUT2D eigenvalue weighted by Gasteiger charge is -2.06. The monoisotopic (exact) mass is 333 g/mol. The van der Waals surface area contributed by atoms with Gasteiger partial charge in [-0.2, -0.15) is 0 Å². The molecule has 0 radical (unpaired) electrons. The maximum Gasteiger partial charge on any atom is 0.268 e. The van der Waals surface area contributed by atoms with Crippen LogP contribution in [0.1, 0.15) is 61.5 Å². The number of thiazole rings is 1. The number of carbonyl (C=O) groups is 2. The lowest BCUT2D eigenvalue weighted by atomic mass is 10.0. The topological polar surface area (TPSA) is 74.8 Å². The van der Waals surface area contributed by atoms with Crippen molar-refractivity contribution in [2.45, 2.75) is 47.5 Å². The number of carbonyl (C=O) groups excluding carboxylic acids is 2. The van der Waals surface area contributed by atoms with E-state index < -0.39 is 0 Å². The second-order valence-electron chi connectivity index (χ2n) is 5.64. The van der Waals surface area contributed by atoms with Crippen LogP contribution in [0.4, 0.5) is 0 Å². The predicted octanol–water partition coefficient (Wildman–Crippen LogP) is 3.13. The van der Waals surface area contributed by atoms with Gasteiger partial charge in [-0.1, -0.05) is 6.92 Å². The molecule has 2 heterocycles. The van der Waals surface area contributed by atoms with E-state index >= 15 is 0 Å². The Morgan fingerprint density at radius 1 is 1.26 bits per heavy atom. The molecule has 0 atom stereocenters. The Morgan fingerprint density at radius 2 is 1.96 bits per heavy atom. The number of nitrogens with zero attached hydrogens (tertiary/aromatic N) is 1. The van der Waals surface area contributed by atoms with E-state index in [0.29, 0.717) is 24.2 Å². The third kappa shape index (κ3) is 3.69. The van der Waals surface area contributed by atoms with Gasteiger partial charge in [0.15, 0.2) is 5.78 Å². The van der Waals surface area contributed by atoms with Crippen LogP contribution in [0.2, 0.25) is 0 Å². The minimum absolute atomic E-state index is 0.00888. The van der Waals surface area contributed by atoms with Crippen LogP contribution >= 0.6 is 11.3 Å². The number of aromatic nitrogens is 2. The molecule has 0 saturated carbocycles. The molecular weight excluding hydrogens is 310 g/mol. The smallest absolute Gasteiger partial charge is 0.268 e. The molecule has 0 bridgehead atoms. The summed E-state index contributed by atoms with van der Waals surface area (Å²) < 4.78 is 0. The zero-order chi connectivity index (χ0) is 17.1. The number of ketones is 1. The molecule has 0 aliphatic carbocycles.